The summed E-state index contributed by atoms with van der Waals surface area (Å²) >= 11 is 6.16. The second-order valence-electron chi connectivity index (χ2n) is 2.95. The fourth-order valence-electron chi connectivity index (χ4n) is 1.27. The quantitative estimate of drug-likeness (QED) is 0.606. The fourth-order valence-corrected chi connectivity index (χ4v) is 1.49. The molecule has 2 radical (unpaired) electrons. The molecule has 0 saturated carbocycles. The molecule has 2 aromatic carbocycles. The zero-order chi connectivity index (χ0) is 9.80. The molecule has 0 aliphatic rings. The van der Waals surface area contributed by atoms with E-state index in [-0.39, 0.29) is 23.9 Å². The number of anilines is 2. The Morgan fingerprint density at radius 2 is 1.00 bits per heavy atom. The summed E-state index contributed by atoms with van der Waals surface area (Å²) in [5.41, 5.74) is 1.95. The fraction of sp³-hybridized carbons (Fsp3) is 0. The van der Waals surface area contributed by atoms with E-state index in [1.54, 1.807) is 4.42 Å². The van der Waals surface area contributed by atoms with Gasteiger partial charge in [0.2, 0.25) is 0 Å². The molecule has 0 aromatic heterocycles. The number of benzene rings is 2. The minimum atomic E-state index is 0. The molecule has 2 aromatic rings. The number of rotatable bonds is 2. The Morgan fingerprint density at radius 3 is 1.33 bits per heavy atom. The molecule has 0 saturated heterocycles. The normalized spacial score (nSPS) is 9.13. The van der Waals surface area contributed by atoms with Crippen LogP contribution in [0, 0.1) is 0 Å². The predicted octanol–water partition coefficient (Wildman–Crippen LogP) is 3.06. The van der Waals surface area contributed by atoms with Gasteiger partial charge in [-0.3, -0.25) is 4.42 Å². The van der Waals surface area contributed by atoms with Crippen LogP contribution in [-0.2, 0) is 0 Å². The molecule has 0 unspecified atom stereocenters. The molecule has 0 aliphatic carbocycles. The van der Waals surface area contributed by atoms with Crippen molar-refractivity contribution in [1.29, 1.82) is 0 Å². The number of hydrogen-bond donors (Lipinski definition) is 0. The van der Waals surface area contributed by atoms with Crippen molar-refractivity contribution in [3.8, 4) is 0 Å². The summed E-state index contributed by atoms with van der Waals surface area (Å²) in [6, 6.07) is 19.7. The van der Waals surface area contributed by atoms with Crippen molar-refractivity contribution in [2.24, 2.45) is 0 Å². The van der Waals surface area contributed by atoms with Gasteiger partial charge in [-0.15, -0.1) is 0 Å². The minimum absolute atomic E-state index is 0. The first-order valence-corrected chi connectivity index (χ1v) is 4.78. The Balaban J connectivity index is 0.00000112. The first kappa shape index (κ1) is 12.4. The third kappa shape index (κ3) is 3.14. The van der Waals surface area contributed by atoms with Crippen LogP contribution in [0.2, 0.25) is 0 Å². The molecule has 15 heavy (non-hydrogen) atoms. The number of hydrogen-bond acceptors (Lipinski definition) is 1. The maximum atomic E-state index is 6.16. The summed E-state index contributed by atoms with van der Waals surface area (Å²) in [5, 5.41) is 0. The second-order valence-corrected chi connectivity index (χ2v) is 3.29. The number of para-hydroxylation sites is 2. The SMILES string of the molecule is ClN(c1ccccc1)c1ccccc1.[SnH2]. The average molecular weight is 324 g/mol. The molecule has 2 rings (SSSR count). The monoisotopic (exact) mass is 325 g/mol. The topological polar surface area (TPSA) is 3.24 Å². The van der Waals surface area contributed by atoms with Crippen LogP contribution >= 0.6 is 11.8 Å². The summed E-state index contributed by atoms with van der Waals surface area (Å²) in [6.07, 6.45) is 0. The van der Waals surface area contributed by atoms with Gasteiger partial charge in [0.1, 0.15) is 0 Å². The van der Waals surface area contributed by atoms with Gasteiger partial charge in [-0.05, 0) is 24.3 Å². The molecule has 0 aliphatic heterocycles. The van der Waals surface area contributed by atoms with Crippen LogP contribution in [0.4, 0.5) is 11.4 Å². The van der Waals surface area contributed by atoms with Crippen molar-refractivity contribution >= 4 is 47.1 Å². The molecule has 0 amide bonds. The van der Waals surface area contributed by atoms with E-state index in [2.05, 4.69) is 0 Å². The van der Waals surface area contributed by atoms with Crippen molar-refractivity contribution < 1.29 is 0 Å². The van der Waals surface area contributed by atoms with E-state index in [1.165, 1.54) is 0 Å². The van der Waals surface area contributed by atoms with Crippen LogP contribution < -0.4 is 4.42 Å². The van der Waals surface area contributed by atoms with Gasteiger partial charge in [-0.25, -0.2) is 0 Å². The van der Waals surface area contributed by atoms with E-state index in [4.69, 9.17) is 11.8 Å². The molecule has 0 N–H and O–H groups in total. The molecule has 0 bridgehead atoms. The van der Waals surface area contributed by atoms with Gasteiger partial charge < -0.3 is 0 Å². The summed E-state index contributed by atoms with van der Waals surface area (Å²) in [5.74, 6) is 0. The summed E-state index contributed by atoms with van der Waals surface area (Å²) in [4.78, 5) is 0. The van der Waals surface area contributed by atoms with Crippen LogP contribution in [0.25, 0.3) is 0 Å². The summed E-state index contributed by atoms with van der Waals surface area (Å²) in [6.45, 7) is 0. The van der Waals surface area contributed by atoms with E-state index in [1.807, 2.05) is 60.7 Å². The summed E-state index contributed by atoms with van der Waals surface area (Å²) in [7, 11) is 0. The Morgan fingerprint density at radius 1 is 0.667 bits per heavy atom. The third-order valence-electron chi connectivity index (χ3n) is 1.97. The second kappa shape index (κ2) is 6.03. The molecule has 0 spiro atoms. The average Bonchev–Trinajstić information content (AvgIpc) is 2.30. The number of nitrogens with zero attached hydrogens (tertiary/aromatic N) is 1. The van der Waals surface area contributed by atoms with Crippen LogP contribution in [-0.4, -0.2) is 23.9 Å². The maximum absolute atomic E-state index is 6.16. The van der Waals surface area contributed by atoms with Crippen LogP contribution in [0.5, 0.6) is 0 Å². The van der Waals surface area contributed by atoms with Gasteiger partial charge in [0.05, 0.1) is 11.4 Å². The third-order valence-corrected chi connectivity index (χ3v) is 2.36. The van der Waals surface area contributed by atoms with Crippen molar-refractivity contribution in [2.75, 3.05) is 4.42 Å². The van der Waals surface area contributed by atoms with Gasteiger partial charge in [-0.2, -0.15) is 0 Å². The first-order chi connectivity index (χ1) is 6.88. The molecule has 1 nitrogen and oxygen atoms in total. The van der Waals surface area contributed by atoms with E-state index < -0.39 is 0 Å². The van der Waals surface area contributed by atoms with E-state index >= 15 is 0 Å². The Labute approximate surface area is 112 Å². The molecule has 0 heterocycles. The number of halogens is 1. The standard InChI is InChI=1S/C12H10ClN.Sn.2H/c13-14(11-7-3-1-4-8-11)12-9-5-2-6-10-12;;;/h1-10H;;;. The Hall–Kier alpha value is -0.671. The summed E-state index contributed by atoms with van der Waals surface area (Å²) < 4.78 is 1.64. The van der Waals surface area contributed by atoms with E-state index in [0.717, 1.165) is 11.4 Å². The van der Waals surface area contributed by atoms with Crippen molar-refractivity contribution in [3.63, 3.8) is 0 Å². The first-order valence-electron chi connectivity index (χ1n) is 4.44. The van der Waals surface area contributed by atoms with Gasteiger partial charge in [0.15, 0.2) is 0 Å². The van der Waals surface area contributed by atoms with Crippen LogP contribution in [0.15, 0.2) is 60.7 Å². The van der Waals surface area contributed by atoms with Crippen molar-refractivity contribution in [3.05, 3.63) is 60.7 Å². The van der Waals surface area contributed by atoms with Gasteiger partial charge in [0.25, 0.3) is 0 Å². The molecular formula is C12H12ClNSn. The van der Waals surface area contributed by atoms with Gasteiger partial charge in [-0.1, -0.05) is 36.4 Å². The zero-order valence-electron chi connectivity index (χ0n) is 8.31. The Kier molecular flexibility index (Phi) is 4.98. The zero-order valence-corrected chi connectivity index (χ0v) is 13.1. The van der Waals surface area contributed by atoms with E-state index in [0.29, 0.717) is 0 Å². The molecule has 3 heteroatoms. The van der Waals surface area contributed by atoms with Crippen molar-refractivity contribution in [2.45, 2.75) is 0 Å². The predicted molar refractivity (Wildman–Crippen MR) is 69.4 cm³/mol. The van der Waals surface area contributed by atoms with Gasteiger partial charge in [0, 0.05) is 11.8 Å². The molecule has 76 valence electrons. The Bertz CT molecular complexity index is 351. The molecule has 0 atom stereocenters. The van der Waals surface area contributed by atoms with Crippen LogP contribution in [0.3, 0.4) is 0 Å². The van der Waals surface area contributed by atoms with Crippen molar-refractivity contribution in [1.82, 2.24) is 0 Å². The molecular weight excluding hydrogens is 312 g/mol. The van der Waals surface area contributed by atoms with Crippen LogP contribution in [0.1, 0.15) is 0 Å². The van der Waals surface area contributed by atoms with Gasteiger partial charge >= 0.3 is 23.9 Å². The molecule has 0 fully saturated rings. The van der Waals surface area contributed by atoms with E-state index in [9.17, 15) is 0 Å².